The summed E-state index contributed by atoms with van der Waals surface area (Å²) >= 11 is 0. The van der Waals surface area contributed by atoms with E-state index in [4.69, 9.17) is 14.7 Å². The van der Waals surface area contributed by atoms with Gasteiger partial charge in [0.25, 0.3) is 5.91 Å². The molecule has 0 bridgehead atoms. The van der Waals surface area contributed by atoms with Crippen LogP contribution < -0.4 is 19.9 Å². The maximum atomic E-state index is 17.2. The highest BCUT2D eigenvalue weighted by Gasteiger charge is 2.46. The van der Waals surface area contributed by atoms with E-state index in [9.17, 15) is 24.6 Å². The minimum absolute atomic E-state index is 0.00647. The molecule has 7 heterocycles. The minimum Gasteiger partial charge on any atom is -0.508 e. The van der Waals surface area contributed by atoms with Gasteiger partial charge in [-0.25, -0.2) is 8.78 Å². The fourth-order valence-electron chi connectivity index (χ4n) is 12.8. The Morgan fingerprint density at radius 2 is 1.68 bits per heavy atom. The number of piperidine rings is 4. The van der Waals surface area contributed by atoms with Crippen LogP contribution in [0.4, 0.5) is 20.3 Å². The first kappa shape index (κ1) is 46.7. The van der Waals surface area contributed by atoms with Crippen LogP contribution in [-0.2, 0) is 16.0 Å². The molecule has 2 aromatic heterocycles. The second-order valence-corrected chi connectivity index (χ2v) is 21.7. The predicted molar refractivity (Wildman–Crippen MR) is 270 cm³/mol. The van der Waals surface area contributed by atoms with E-state index in [-0.39, 0.29) is 52.2 Å². The van der Waals surface area contributed by atoms with E-state index in [1.54, 1.807) is 17.9 Å². The zero-order valence-electron chi connectivity index (χ0n) is 40.9. The molecule has 12 rings (SSSR count). The molecular weight excluding hydrogens is 919 g/mol. The van der Waals surface area contributed by atoms with Crippen LogP contribution in [0.3, 0.4) is 0 Å². The van der Waals surface area contributed by atoms with Crippen molar-refractivity contribution >= 4 is 61.7 Å². The number of halogens is 2. The molecule has 72 heavy (non-hydrogen) atoms. The number of hydrogen-bond donors (Lipinski definition) is 3. The zero-order chi connectivity index (χ0) is 49.6. The molecule has 5 aliphatic heterocycles. The van der Waals surface area contributed by atoms with Crippen LogP contribution >= 0.6 is 0 Å². The molecule has 4 saturated heterocycles. The summed E-state index contributed by atoms with van der Waals surface area (Å²) in [5.74, 6) is -1.35. The molecule has 6 aromatic rings. The summed E-state index contributed by atoms with van der Waals surface area (Å²) in [4.78, 5) is 61.4. The summed E-state index contributed by atoms with van der Waals surface area (Å²) in [6.07, 6.45) is 9.95. The predicted octanol–water partition coefficient (Wildman–Crippen LogP) is 8.16. The van der Waals surface area contributed by atoms with E-state index in [0.29, 0.717) is 90.4 Å². The average molecular weight is 979 g/mol. The third kappa shape index (κ3) is 8.28. The number of pyridine rings is 1. The molecule has 1 saturated carbocycles. The fourth-order valence-corrected chi connectivity index (χ4v) is 12.8. The van der Waals surface area contributed by atoms with E-state index in [0.717, 1.165) is 87.7 Å². The van der Waals surface area contributed by atoms with E-state index in [1.165, 1.54) is 30.0 Å². The van der Waals surface area contributed by atoms with Crippen molar-refractivity contribution in [2.75, 3.05) is 62.2 Å². The van der Waals surface area contributed by atoms with Crippen molar-refractivity contribution in [1.82, 2.24) is 30.1 Å². The maximum Gasteiger partial charge on any atom is 0.319 e. The van der Waals surface area contributed by atoms with Gasteiger partial charge < -0.3 is 29.6 Å². The maximum absolute atomic E-state index is 17.2. The second kappa shape index (κ2) is 18.0. The molecule has 14 nitrogen and oxygen atoms in total. The van der Waals surface area contributed by atoms with E-state index < -0.39 is 29.2 Å². The van der Waals surface area contributed by atoms with Crippen LogP contribution in [0.5, 0.6) is 11.8 Å². The number of benzene rings is 4. The average Bonchev–Trinajstić information content (AvgIpc) is 4.08. The summed E-state index contributed by atoms with van der Waals surface area (Å²) in [6, 6.07) is 15.8. The zero-order valence-corrected chi connectivity index (χ0v) is 40.9. The molecule has 1 unspecified atom stereocenters. The number of anilines is 2. The van der Waals surface area contributed by atoms with Crippen molar-refractivity contribution in [2.45, 2.75) is 108 Å². The number of amides is 3. The number of phenolic OH excluding ortho intramolecular Hbond substituents is 1. The number of aryl methyl sites for hydroxylation is 1. The number of fused-ring (bicyclic) bond motifs is 2. The van der Waals surface area contributed by atoms with Gasteiger partial charge in [-0.15, -0.1) is 0 Å². The number of β-amino-alcohol motifs (C(OH)–C–C–N with tert-alkyl or cyclic N) is 1. The molecule has 1 aliphatic carbocycles. The molecule has 0 spiro atoms. The van der Waals surface area contributed by atoms with Crippen molar-refractivity contribution < 1.29 is 38.1 Å². The Kier molecular flexibility index (Phi) is 11.7. The Morgan fingerprint density at radius 1 is 0.875 bits per heavy atom. The number of carbonyl (C=O) groups excluding carboxylic acids is 3. The molecule has 16 heteroatoms. The molecule has 374 valence electrons. The molecule has 4 aromatic carbocycles. The molecule has 3 N–H and O–H groups in total. The Bertz CT molecular complexity index is 3200. The highest BCUT2D eigenvalue weighted by Crippen LogP contribution is 2.48. The third-order valence-electron chi connectivity index (χ3n) is 16.7. The SMILES string of the molecule is CCc1c(F)ccc2cc(O)cc(-c3ncc4c(N5CCC[C@@](C)(O)C5)nc(OCC5(CN6CCC(N7CCC(c8ccc9c%10c(cccc8%10)N(C8CCC(=O)NC8=O)C9=O)CC7)CC6)CC5)nc4c3F)c12. The second-order valence-electron chi connectivity index (χ2n) is 21.7. The summed E-state index contributed by atoms with van der Waals surface area (Å²) < 4.78 is 38.9. The van der Waals surface area contributed by atoms with Crippen molar-refractivity contribution in [3.8, 4) is 23.0 Å². The Balaban J connectivity index is 0.718. The lowest BCUT2D eigenvalue weighted by Crippen LogP contribution is -2.53. The molecular formula is C56H60F2N8O6. The van der Waals surface area contributed by atoms with Crippen LogP contribution in [0.25, 0.3) is 43.7 Å². The summed E-state index contributed by atoms with van der Waals surface area (Å²) in [6.45, 7) is 9.75. The number of rotatable bonds is 11. The van der Waals surface area contributed by atoms with Gasteiger partial charge in [-0.05, 0) is 161 Å². The number of nitrogens with one attached hydrogen (secondary N) is 1. The fraction of sp³-hybridized carbons (Fsp3) is 0.464. The summed E-state index contributed by atoms with van der Waals surface area (Å²) in [5, 5.41) is 27.7. The van der Waals surface area contributed by atoms with Crippen molar-refractivity contribution in [3.63, 3.8) is 0 Å². The van der Waals surface area contributed by atoms with Gasteiger partial charge in [0, 0.05) is 60.2 Å². The van der Waals surface area contributed by atoms with Gasteiger partial charge in [0.1, 0.15) is 34.6 Å². The van der Waals surface area contributed by atoms with Crippen LogP contribution in [0.1, 0.15) is 105 Å². The van der Waals surface area contributed by atoms with E-state index >= 15 is 8.78 Å². The number of aromatic hydroxyl groups is 1. The number of ether oxygens (including phenoxy) is 1. The highest BCUT2D eigenvalue weighted by molar-refractivity contribution is 6.27. The van der Waals surface area contributed by atoms with Crippen molar-refractivity contribution in [2.24, 2.45) is 5.41 Å². The molecule has 3 amide bonds. The molecule has 0 radical (unpaired) electrons. The number of imide groups is 1. The first-order valence-electron chi connectivity index (χ1n) is 25.9. The van der Waals surface area contributed by atoms with Crippen molar-refractivity contribution in [1.29, 1.82) is 0 Å². The lowest BCUT2D eigenvalue weighted by atomic mass is 9.84. The number of carbonyl (C=O) groups is 3. The number of nitrogens with zero attached hydrogens (tertiary/aromatic N) is 7. The van der Waals surface area contributed by atoms with Gasteiger partial charge in [-0.1, -0.05) is 31.2 Å². The minimum atomic E-state index is -0.972. The first-order valence-corrected chi connectivity index (χ1v) is 25.9. The molecule has 5 fully saturated rings. The van der Waals surface area contributed by atoms with Gasteiger partial charge >= 0.3 is 6.01 Å². The van der Waals surface area contributed by atoms with Gasteiger partial charge in [-0.2, -0.15) is 9.97 Å². The Hall–Kier alpha value is -6.36. The largest absolute Gasteiger partial charge is 0.508 e. The normalized spacial score (nSPS) is 23.2. The summed E-state index contributed by atoms with van der Waals surface area (Å²) in [7, 11) is 0. The van der Waals surface area contributed by atoms with Crippen molar-refractivity contribution in [3.05, 3.63) is 89.1 Å². The number of aliphatic hydroxyl groups is 1. The number of likely N-dealkylation sites (tertiary alicyclic amines) is 2. The van der Waals surface area contributed by atoms with E-state index in [2.05, 4.69) is 32.2 Å². The lowest BCUT2D eigenvalue weighted by Gasteiger charge is -2.42. The Labute approximate surface area is 416 Å². The molecule has 6 aliphatic rings. The topological polar surface area (TPSA) is 165 Å². The van der Waals surface area contributed by atoms with Gasteiger partial charge in [0.05, 0.1) is 23.3 Å². The van der Waals surface area contributed by atoms with Crippen LogP contribution in [0.15, 0.2) is 60.8 Å². The summed E-state index contributed by atoms with van der Waals surface area (Å²) in [5.41, 5.74) is 2.19. The standard InChI is InChI=1S/C56H60F2N8O6/c1-3-36-42(57)11-8-33-26-35(67)27-40(46(33)36)49-48(58)50-41(28-59-49)51(65-21-5-18-55(2,71)29-65)62-54(61-50)72-31-56(19-20-56)30-63-22-16-34(17-23-63)64-24-14-32(15-25-64)37-9-10-39-47-38(37)6-4-7-43(47)66(53(39)70)44-12-13-45(68)60-52(44)69/h4,6-11,26-28,32,34,44,67,71H,3,5,12-25,29-31H2,1-2H3,(H,60,68,69)/t44?,55-/m1/s1. The highest BCUT2D eigenvalue weighted by atomic mass is 19.1. The quantitative estimate of drug-likeness (QED) is 0.107. The lowest BCUT2D eigenvalue weighted by molar-refractivity contribution is -0.134. The monoisotopic (exact) mass is 978 g/mol. The number of aromatic nitrogens is 3. The third-order valence-corrected chi connectivity index (χ3v) is 16.7. The van der Waals surface area contributed by atoms with Crippen LogP contribution in [0.2, 0.25) is 0 Å². The Morgan fingerprint density at radius 3 is 2.43 bits per heavy atom. The smallest absolute Gasteiger partial charge is 0.319 e. The molecule has 2 atom stereocenters. The van der Waals surface area contributed by atoms with Crippen LogP contribution in [0, 0.1) is 17.0 Å². The van der Waals surface area contributed by atoms with Gasteiger partial charge in [0.15, 0.2) is 5.82 Å². The number of hydrogen-bond acceptors (Lipinski definition) is 12. The number of phenols is 1. The van der Waals surface area contributed by atoms with E-state index in [1.807, 2.05) is 30.0 Å². The van der Waals surface area contributed by atoms with Gasteiger partial charge in [0.2, 0.25) is 11.8 Å². The van der Waals surface area contributed by atoms with Crippen LogP contribution in [-0.4, -0.2) is 123 Å². The van der Waals surface area contributed by atoms with Gasteiger partial charge in [-0.3, -0.25) is 29.6 Å². The first-order chi connectivity index (χ1) is 34.8.